The molecule has 29 heavy (non-hydrogen) atoms. The van der Waals surface area contributed by atoms with Crippen molar-refractivity contribution in [1.29, 1.82) is 0 Å². The minimum Gasteiger partial charge on any atom is -0.388 e. The number of unbranched alkanes of at least 4 members (excludes halogenated alkanes) is 2. The molecule has 0 aromatic rings. The van der Waals surface area contributed by atoms with Gasteiger partial charge in [0.05, 0.1) is 19.3 Å². The lowest BCUT2D eigenvalue weighted by molar-refractivity contribution is -0.325. The van der Waals surface area contributed by atoms with E-state index >= 15 is 0 Å². The highest BCUT2D eigenvalue weighted by Crippen LogP contribution is 2.26. The average molecular weight is 422 g/mol. The molecule has 6 N–H and O–H groups in total. The third-order valence-electron chi connectivity index (χ3n) is 5.21. The number of rotatable bonds is 10. The molecule has 0 spiro atoms. The van der Waals surface area contributed by atoms with Crippen LogP contribution in [0.15, 0.2) is 12.7 Å². The second kappa shape index (κ2) is 11.7. The van der Waals surface area contributed by atoms with Gasteiger partial charge in [-0.1, -0.05) is 32.3 Å². The van der Waals surface area contributed by atoms with Gasteiger partial charge in [-0.25, -0.2) is 0 Å². The van der Waals surface area contributed by atoms with Gasteiger partial charge in [0.25, 0.3) is 0 Å². The zero-order valence-corrected chi connectivity index (χ0v) is 16.6. The Bertz CT molecular complexity index is 492. The van der Waals surface area contributed by atoms with E-state index in [1.54, 1.807) is 6.08 Å². The van der Waals surface area contributed by atoms with Crippen molar-refractivity contribution in [1.82, 2.24) is 0 Å². The quantitative estimate of drug-likeness (QED) is 0.179. The van der Waals surface area contributed by atoms with Crippen LogP contribution in [0, 0.1) is 0 Å². The van der Waals surface area contributed by atoms with E-state index < -0.39 is 61.4 Å². The molecule has 2 saturated heterocycles. The predicted octanol–water partition coefficient (Wildman–Crippen LogP) is -1.60. The molecule has 0 bridgehead atoms. The molecule has 0 amide bonds. The van der Waals surface area contributed by atoms with E-state index in [-0.39, 0.29) is 13.2 Å². The minimum absolute atomic E-state index is 0.233. The maximum Gasteiger partial charge on any atom is 0.187 e. The van der Waals surface area contributed by atoms with Crippen LogP contribution in [-0.4, -0.2) is 105 Å². The minimum atomic E-state index is -1.53. The molecule has 0 aromatic carbocycles. The molecule has 2 heterocycles. The SMILES string of the molecule is C=CC(CCCCC)O[C@@H]1O[C@H](CO[C@@H]2OC[C@@H](O)[C@H](O)[C@H]2O)[C@@H](O)[C@H](O)[C@H]1O. The van der Waals surface area contributed by atoms with E-state index in [2.05, 4.69) is 13.5 Å². The van der Waals surface area contributed by atoms with E-state index in [4.69, 9.17) is 18.9 Å². The lowest BCUT2D eigenvalue weighted by atomic mass is 9.99. The van der Waals surface area contributed by atoms with Gasteiger partial charge in [0.1, 0.15) is 42.7 Å². The summed E-state index contributed by atoms with van der Waals surface area (Å²) in [5.74, 6) is 0. The van der Waals surface area contributed by atoms with Crippen molar-refractivity contribution in [2.45, 2.75) is 94.0 Å². The molecule has 0 saturated carbocycles. The number of aliphatic hydroxyl groups is 6. The molecule has 0 aliphatic carbocycles. The second-order valence-electron chi connectivity index (χ2n) is 7.50. The summed E-state index contributed by atoms with van der Waals surface area (Å²) in [6.45, 7) is 5.24. The fourth-order valence-corrected chi connectivity index (χ4v) is 3.29. The third kappa shape index (κ3) is 6.41. The van der Waals surface area contributed by atoms with Crippen molar-refractivity contribution in [3.05, 3.63) is 12.7 Å². The Hall–Kier alpha value is -0.660. The maximum atomic E-state index is 10.2. The van der Waals surface area contributed by atoms with Gasteiger partial charge < -0.3 is 49.6 Å². The summed E-state index contributed by atoms with van der Waals surface area (Å²) in [6, 6.07) is 0. The van der Waals surface area contributed by atoms with E-state index in [1.165, 1.54) is 0 Å². The highest BCUT2D eigenvalue weighted by Gasteiger charge is 2.46. The van der Waals surface area contributed by atoms with Gasteiger partial charge in [-0.2, -0.15) is 0 Å². The molecule has 2 aliphatic rings. The summed E-state index contributed by atoms with van der Waals surface area (Å²) in [7, 11) is 0. The van der Waals surface area contributed by atoms with Crippen molar-refractivity contribution >= 4 is 0 Å². The largest absolute Gasteiger partial charge is 0.388 e. The summed E-state index contributed by atoms with van der Waals surface area (Å²) >= 11 is 0. The topological polar surface area (TPSA) is 158 Å². The van der Waals surface area contributed by atoms with Crippen LogP contribution < -0.4 is 0 Å². The Balaban J connectivity index is 1.93. The van der Waals surface area contributed by atoms with Crippen LogP contribution in [0.5, 0.6) is 0 Å². The van der Waals surface area contributed by atoms with Crippen LogP contribution in [0.4, 0.5) is 0 Å². The lowest BCUT2D eigenvalue weighted by Gasteiger charge is -2.42. The first-order chi connectivity index (χ1) is 13.8. The van der Waals surface area contributed by atoms with Gasteiger partial charge in [0.15, 0.2) is 12.6 Å². The van der Waals surface area contributed by atoms with Gasteiger partial charge in [0, 0.05) is 0 Å². The van der Waals surface area contributed by atoms with Gasteiger partial charge in [0.2, 0.25) is 0 Å². The van der Waals surface area contributed by atoms with E-state index in [1.807, 2.05) is 0 Å². The van der Waals surface area contributed by atoms with Crippen molar-refractivity contribution in [3.63, 3.8) is 0 Å². The van der Waals surface area contributed by atoms with Gasteiger partial charge in [-0.3, -0.25) is 0 Å². The van der Waals surface area contributed by atoms with Crippen LogP contribution in [0.2, 0.25) is 0 Å². The summed E-state index contributed by atoms with van der Waals surface area (Å²) in [6.07, 6.45) is -7.36. The Labute approximate surface area is 170 Å². The van der Waals surface area contributed by atoms with Crippen molar-refractivity contribution in [2.24, 2.45) is 0 Å². The smallest absolute Gasteiger partial charge is 0.187 e. The molecular weight excluding hydrogens is 388 g/mol. The molecule has 2 aliphatic heterocycles. The summed E-state index contributed by atoms with van der Waals surface area (Å²) in [5, 5.41) is 59.6. The van der Waals surface area contributed by atoms with Crippen LogP contribution in [0.25, 0.3) is 0 Å². The number of ether oxygens (including phenoxy) is 4. The summed E-state index contributed by atoms with van der Waals surface area (Å²) in [4.78, 5) is 0. The second-order valence-corrected chi connectivity index (χ2v) is 7.50. The van der Waals surface area contributed by atoms with Gasteiger partial charge in [-0.15, -0.1) is 6.58 Å². The first kappa shape index (κ1) is 24.6. The molecule has 10 atom stereocenters. The molecule has 2 rings (SSSR count). The molecule has 2 fully saturated rings. The summed E-state index contributed by atoms with van der Waals surface area (Å²) in [5.41, 5.74) is 0. The first-order valence-corrected chi connectivity index (χ1v) is 10.0. The molecule has 170 valence electrons. The highest BCUT2D eigenvalue weighted by atomic mass is 16.7. The van der Waals surface area contributed by atoms with Crippen LogP contribution in [0.1, 0.15) is 32.6 Å². The maximum absolute atomic E-state index is 10.2. The van der Waals surface area contributed by atoms with Crippen molar-refractivity contribution in [3.8, 4) is 0 Å². The fourth-order valence-electron chi connectivity index (χ4n) is 3.29. The number of hydrogen-bond donors (Lipinski definition) is 6. The molecular formula is C19H34O10. The fraction of sp³-hybridized carbons (Fsp3) is 0.895. The van der Waals surface area contributed by atoms with E-state index in [0.29, 0.717) is 6.42 Å². The first-order valence-electron chi connectivity index (χ1n) is 10.0. The molecule has 1 unspecified atom stereocenters. The Kier molecular flexibility index (Phi) is 9.89. The third-order valence-corrected chi connectivity index (χ3v) is 5.21. The van der Waals surface area contributed by atoms with E-state index in [0.717, 1.165) is 19.3 Å². The summed E-state index contributed by atoms with van der Waals surface area (Å²) < 4.78 is 21.8. The van der Waals surface area contributed by atoms with Gasteiger partial charge >= 0.3 is 0 Å². The molecule has 10 nitrogen and oxygen atoms in total. The zero-order valence-electron chi connectivity index (χ0n) is 16.6. The predicted molar refractivity (Wildman–Crippen MR) is 99.6 cm³/mol. The van der Waals surface area contributed by atoms with Crippen LogP contribution >= 0.6 is 0 Å². The number of hydrogen-bond acceptors (Lipinski definition) is 10. The standard InChI is InChI=1S/C19H34O10/c1-3-5-6-7-10(4-2)28-19-17(25)15(23)14(22)12(29-19)9-27-18-16(24)13(21)11(20)8-26-18/h4,10-25H,2-3,5-9H2,1H3/t10?,11-,12-,13+,14-,15+,16-,17-,18+,19-/m1/s1. The van der Waals surface area contributed by atoms with Gasteiger partial charge in [-0.05, 0) is 6.42 Å². The highest BCUT2D eigenvalue weighted by molar-refractivity contribution is 4.91. The zero-order chi connectivity index (χ0) is 21.6. The Morgan fingerprint density at radius 1 is 0.966 bits per heavy atom. The molecule has 10 heteroatoms. The normalized spacial score (nSPS) is 41.8. The van der Waals surface area contributed by atoms with Crippen LogP contribution in [0.3, 0.4) is 0 Å². The Morgan fingerprint density at radius 3 is 2.31 bits per heavy atom. The monoisotopic (exact) mass is 422 g/mol. The van der Waals surface area contributed by atoms with E-state index in [9.17, 15) is 30.6 Å². The molecule has 0 radical (unpaired) electrons. The molecule has 0 aromatic heterocycles. The van der Waals surface area contributed by atoms with Crippen LogP contribution in [-0.2, 0) is 18.9 Å². The van der Waals surface area contributed by atoms with Crippen molar-refractivity contribution < 1.29 is 49.6 Å². The average Bonchev–Trinajstić information content (AvgIpc) is 2.71. The lowest BCUT2D eigenvalue weighted by Crippen LogP contribution is -2.60. The Morgan fingerprint density at radius 2 is 1.66 bits per heavy atom. The number of aliphatic hydroxyl groups excluding tert-OH is 6. The van der Waals surface area contributed by atoms with Crippen molar-refractivity contribution in [2.75, 3.05) is 13.2 Å².